The lowest BCUT2D eigenvalue weighted by atomic mass is 10.2. The molecular weight excluding hydrogens is 244 g/mol. The van der Waals surface area contributed by atoms with Crippen LogP contribution in [-0.2, 0) is 4.74 Å². The molecule has 0 saturated carbocycles. The summed E-state index contributed by atoms with van der Waals surface area (Å²) in [5.41, 5.74) is -0.973. The summed E-state index contributed by atoms with van der Waals surface area (Å²) in [5, 5.41) is -0.117. The van der Waals surface area contributed by atoms with Crippen LogP contribution in [0.1, 0.15) is 22.6 Å². The lowest BCUT2D eigenvalue weighted by Crippen LogP contribution is -2.09. The molecule has 0 aliphatic heterocycles. The SMILES string of the molecule is COC(=O)c1nc(C(F)F)cc(Cl)c1OC. The summed E-state index contributed by atoms with van der Waals surface area (Å²) in [5.74, 6) is -0.973. The summed E-state index contributed by atoms with van der Waals surface area (Å²) < 4.78 is 34.0. The van der Waals surface area contributed by atoms with Crippen LogP contribution in [0.4, 0.5) is 8.78 Å². The molecule has 88 valence electrons. The third-order valence-electron chi connectivity index (χ3n) is 1.75. The van der Waals surface area contributed by atoms with Crippen LogP contribution in [0, 0.1) is 0 Å². The average molecular weight is 252 g/mol. The molecule has 0 fully saturated rings. The van der Waals surface area contributed by atoms with Crippen LogP contribution in [0.2, 0.25) is 5.02 Å². The highest BCUT2D eigenvalue weighted by Crippen LogP contribution is 2.31. The first kappa shape index (κ1) is 12.6. The van der Waals surface area contributed by atoms with Gasteiger partial charge in [-0.2, -0.15) is 0 Å². The summed E-state index contributed by atoms with van der Waals surface area (Å²) in [4.78, 5) is 14.7. The van der Waals surface area contributed by atoms with Gasteiger partial charge in [-0.15, -0.1) is 0 Å². The van der Waals surface area contributed by atoms with Crippen LogP contribution < -0.4 is 4.74 Å². The lowest BCUT2D eigenvalue weighted by Gasteiger charge is -2.09. The van der Waals surface area contributed by atoms with Crippen molar-refractivity contribution in [3.8, 4) is 5.75 Å². The first-order valence-electron chi connectivity index (χ1n) is 4.12. The minimum atomic E-state index is -2.83. The van der Waals surface area contributed by atoms with E-state index in [0.717, 1.165) is 13.2 Å². The number of esters is 1. The Labute approximate surface area is 95.1 Å². The van der Waals surface area contributed by atoms with E-state index in [-0.39, 0.29) is 16.5 Å². The summed E-state index contributed by atoms with van der Waals surface area (Å²) in [6.45, 7) is 0. The normalized spacial score (nSPS) is 10.4. The van der Waals surface area contributed by atoms with Gasteiger partial charge in [0, 0.05) is 0 Å². The second-order valence-corrected chi connectivity index (χ2v) is 3.11. The molecule has 0 saturated heterocycles. The molecule has 16 heavy (non-hydrogen) atoms. The van der Waals surface area contributed by atoms with Crippen LogP contribution >= 0.6 is 11.6 Å². The highest BCUT2D eigenvalue weighted by Gasteiger charge is 2.22. The predicted molar refractivity (Wildman–Crippen MR) is 52.1 cm³/mol. The molecule has 1 aromatic heterocycles. The predicted octanol–water partition coefficient (Wildman–Crippen LogP) is 2.47. The molecule has 0 aliphatic rings. The van der Waals surface area contributed by atoms with Crippen molar-refractivity contribution >= 4 is 17.6 Å². The van der Waals surface area contributed by atoms with Gasteiger partial charge in [-0.25, -0.2) is 18.6 Å². The van der Waals surface area contributed by atoms with Crippen molar-refractivity contribution < 1.29 is 23.0 Å². The molecule has 0 N–H and O–H groups in total. The minimum Gasteiger partial charge on any atom is -0.493 e. The molecule has 0 spiro atoms. The van der Waals surface area contributed by atoms with E-state index in [9.17, 15) is 13.6 Å². The Morgan fingerprint density at radius 1 is 1.50 bits per heavy atom. The van der Waals surface area contributed by atoms with E-state index in [2.05, 4.69) is 9.72 Å². The maximum atomic E-state index is 12.4. The molecule has 0 amide bonds. The van der Waals surface area contributed by atoms with Gasteiger partial charge in [0.05, 0.1) is 19.2 Å². The van der Waals surface area contributed by atoms with Crippen LogP contribution in [0.5, 0.6) is 5.75 Å². The van der Waals surface area contributed by atoms with Crippen LogP contribution in [0.25, 0.3) is 0 Å². The van der Waals surface area contributed by atoms with E-state index in [1.54, 1.807) is 0 Å². The fourth-order valence-corrected chi connectivity index (χ4v) is 1.34. The summed E-state index contributed by atoms with van der Waals surface area (Å²) >= 11 is 5.67. The zero-order valence-electron chi connectivity index (χ0n) is 8.46. The Morgan fingerprint density at radius 2 is 2.12 bits per heavy atom. The van der Waals surface area contributed by atoms with Crippen LogP contribution in [0.3, 0.4) is 0 Å². The van der Waals surface area contributed by atoms with Crippen LogP contribution in [0.15, 0.2) is 6.07 Å². The van der Waals surface area contributed by atoms with Crippen molar-refractivity contribution in [3.63, 3.8) is 0 Å². The van der Waals surface area contributed by atoms with Crippen molar-refractivity contribution in [2.24, 2.45) is 0 Å². The second kappa shape index (κ2) is 5.07. The largest absolute Gasteiger partial charge is 0.493 e. The Balaban J connectivity index is 3.36. The number of aromatic nitrogens is 1. The standard InChI is InChI=1S/C9H8ClF2NO3/c1-15-7-4(10)3-5(8(11)12)13-6(7)9(14)16-2/h3,8H,1-2H3. The maximum Gasteiger partial charge on any atom is 0.360 e. The molecule has 1 heterocycles. The van der Waals surface area contributed by atoms with E-state index in [1.807, 2.05) is 0 Å². The number of nitrogens with zero attached hydrogens (tertiary/aromatic N) is 1. The molecule has 0 radical (unpaired) electrons. The van der Waals surface area contributed by atoms with Gasteiger partial charge in [0.25, 0.3) is 6.43 Å². The number of carbonyl (C=O) groups is 1. The van der Waals surface area contributed by atoms with Gasteiger partial charge in [-0.05, 0) is 6.07 Å². The first-order valence-corrected chi connectivity index (χ1v) is 4.50. The number of ether oxygens (including phenoxy) is 2. The summed E-state index contributed by atoms with van der Waals surface area (Å²) in [7, 11) is 2.35. The number of hydrogen-bond acceptors (Lipinski definition) is 4. The van der Waals surface area contributed by atoms with E-state index in [4.69, 9.17) is 16.3 Å². The van der Waals surface area contributed by atoms with Crippen molar-refractivity contribution in [1.82, 2.24) is 4.98 Å². The Kier molecular flexibility index (Phi) is 4.00. The smallest absolute Gasteiger partial charge is 0.360 e. The molecule has 4 nitrogen and oxygen atoms in total. The highest BCUT2D eigenvalue weighted by atomic mass is 35.5. The van der Waals surface area contributed by atoms with Crippen molar-refractivity contribution in [3.05, 3.63) is 22.5 Å². The maximum absolute atomic E-state index is 12.4. The zero-order valence-corrected chi connectivity index (χ0v) is 9.22. The molecule has 0 unspecified atom stereocenters. The van der Waals surface area contributed by atoms with E-state index in [1.165, 1.54) is 7.11 Å². The third kappa shape index (κ3) is 2.38. The van der Waals surface area contributed by atoms with Gasteiger partial charge in [0.2, 0.25) is 0 Å². The molecule has 0 aliphatic carbocycles. The van der Waals surface area contributed by atoms with E-state index < -0.39 is 18.1 Å². The van der Waals surface area contributed by atoms with Gasteiger partial charge >= 0.3 is 5.97 Å². The van der Waals surface area contributed by atoms with Crippen molar-refractivity contribution in [2.45, 2.75) is 6.43 Å². The zero-order chi connectivity index (χ0) is 12.3. The monoisotopic (exact) mass is 251 g/mol. The number of carbonyl (C=O) groups excluding carboxylic acids is 1. The third-order valence-corrected chi connectivity index (χ3v) is 2.03. The number of rotatable bonds is 3. The number of pyridine rings is 1. The van der Waals surface area contributed by atoms with Gasteiger partial charge in [-0.1, -0.05) is 11.6 Å². The number of halogens is 3. The summed E-state index contributed by atoms with van der Waals surface area (Å²) in [6.07, 6.45) is -2.83. The van der Waals surface area contributed by atoms with Crippen molar-refractivity contribution in [1.29, 1.82) is 0 Å². The molecule has 0 aromatic carbocycles. The van der Waals surface area contributed by atoms with Gasteiger partial charge in [-0.3, -0.25) is 0 Å². The molecule has 0 bridgehead atoms. The number of hydrogen-bond donors (Lipinski definition) is 0. The van der Waals surface area contributed by atoms with Crippen molar-refractivity contribution in [2.75, 3.05) is 14.2 Å². The number of alkyl halides is 2. The van der Waals surface area contributed by atoms with E-state index in [0.29, 0.717) is 0 Å². The fraction of sp³-hybridized carbons (Fsp3) is 0.333. The topological polar surface area (TPSA) is 48.4 Å². The molecule has 7 heteroatoms. The Hall–Kier alpha value is -1.43. The summed E-state index contributed by atoms with van der Waals surface area (Å²) in [6, 6.07) is 0.942. The molecule has 1 aromatic rings. The Bertz CT molecular complexity index is 412. The second-order valence-electron chi connectivity index (χ2n) is 2.70. The lowest BCUT2D eigenvalue weighted by molar-refractivity contribution is 0.0588. The first-order chi connectivity index (χ1) is 7.51. The average Bonchev–Trinajstić information content (AvgIpc) is 2.26. The molecular formula is C9H8ClF2NO3. The van der Waals surface area contributed by atoms with E-state index >= 15 is 0 Å². The number of methoxy groups -OCH3 is 2. The molecule has 1 rings (SSSR count). The van der Waals surface area contributed by atoms with Gasteiger partial charge < -0.3 is 9.47 Å². The fourth-order valence-electron chi connectivity index (χ4n) is 1.06. The van der Waals surface area contributed by atoms with Gasteiger partial charge in [0.1, 0.15) is 5.69 Å². The quantitative estimate of drug-likeness (QED) is 0.775. The van der Waals surface area contributed by atoms with Gasteiger partial charge in [0.15, 0.2) is 11.4 Å². The van der Waals surface area contributed by atoms with Crippen LogP contribution in [-0.4, -0.2) is 25.2 Å². The minimum absolute atomic E-state index is 0.0853. The molecule has 0 atom stereocenters. The Morgan fingerprint density at radius 3 is 2.56 bits per heavy atom. The highest BCUT2D eigenvalue weighted by molar-refractivity contribution is 6.32.